The quantitative estimate of drug-likeness (QED) is 0.463. The van der Waals surface area contributed by atoms with Crippen LogP contribution in [0.5, 0.6) is 0 Å². The lowest BCUT2D eigenvalue weighted by Crippen LogP contribution is -2.49. The highest BCUT2D eigenvalue weighted by atomic mass is 19.4. The van der Waals surface area contributed by atoms with Crippen LogP contribution in [0.1, 0.15) is 84.4 Å². The molecule has 2 fully saturated rings. The number of carboxylic acid groups (broad SMARTS) is 1. The predicted octanol–water partition coefficient (Wildman–Crippen LogP) is 5.92. The maximum atomic E-state index is 13.8. The maximum absolute atomic E-state index is 13.8. The summed E-state index contributed by atoms with van der Waals surface area (Å²) in [6.45, 7) is 1.71. The molecule has 5 rings (SSSR count). The van der Waals surface area contributed by atoms with E-state index in [-0.39, 0.29) is 18.4 Å². The van der Waals surface area contributed by atoms with Gasteiger partial charge in [0.05, 0.1) is 17.2 Å². The van der Waals surface area contributed by atoms with Crippen LogP contribution in [0, 0.1) is 5.92 Å². The van der Waals surface area contributed by atoms with Crippen LogP contribution in [0.4, 0.5) is 13.2 Å². The highest BCUT2D eigenvalue weighted by Crippen LogP contribution is 2.41. The number of aliphatic carboxylic acids is 1. The van der Waals surface area contributed by atoms with E-state index in [1.165, 1.54) is 6.07 Å². The van der Waals surface area contributed by atoms with Crippen LogP contribution in [0.2, 0.25) is 0 Å². The number of halogens is 3. The number of hydrogen-bond acceptors (Lipinski definition) is 5. The number of benzene rings is 1. The summed E-state index contributed by atoms with van der Waals surface area (Å²) >= 11 is 0. The van der Waals surface area contributed by atoms with E-state index in [0.29, 0.717) is 42.9 Å². The van der Waals surface area contributed by atoms with Gasteiger partial charge in [0.2, 0.25) is 0 Å². The molecule has 0 atom stereocenters. The first-order valence-electron chi connectivity index (χ1n) is 13.1. The van der Waals surface area contributed by atoms with Crippen molar-refractivity contribution >= 4 is 11.7 Å². The molecular weight excluding hydrogens is 483 g/mol. The molecule has 0 bridgehead atoms. The minimum atomic E-state index is -4.40. The zero-order valence-corrected chi connectivity index (χ0v) is 20.8. The minimum absolute atomic E-state index is 0.0324. The Kier molecular flexibility index (Phi) is 7.51. The number of carboxylic acids is 1. The maximum Gasteiger partial charge on any atom is 0.416 e. The molecule has 1 N–H and O–H groups in total. The molecule has 2 aliphatic carbocycles. The number of pyridine rings is 1. The second-order valence-electron chi connectivity index (χ2n) is 10.5. The Bertz CT molecular complexity index is 1170. The number of oxime groups is 1. The van der Waals surface area contributed by atoms with Crippen molar-refractivity contribution in [3.63, 3.8) is 0 Å². The predicted molar refractivity (Wildman–Crippen MR) is 132 cm³/mol. The van der Waals surface area contributed by atoms with Crippen LogP contribution >= 0.6 is 0 Å². The van der Waals surface area contributed by atoms with E-state index >= 15 is 0 Å². The Hall–Kier alpha value is -2.94. The van der Waals surface area contributed by atoms with Gasteiger partial charge in [0.15, 0.2) is 0 Å². The van der Waals surface area contributed by atoms with E-state index < -0.39 is 17.7 Å². The summed E-state index contributed by atoms with van der Waals surface area (Å²) in [6, 6.07) is 6.66. The van der Waals surface area contributed by atoms with Gasteiger partial charge in [0, 0.05) is 25.8 Å². The van der Waals surface area contributed by atoms with E-state index in [0.717, 1.165) is 61.8 Å². The molecule has 198 valence electrons. The highest BCUT2D eigenvalue weighted by molar-refractivity contribution is 6.00. The normalized spacial score (nSPS) is 20.5. The Morgan fingerprint density at radius 2 is 1.86 bits per heavy atom. The molecule has 6 nitrogen and oxygen atoms in total. The summed E-state index contributed by atoms with van der Waals surface area (Å²) in [5.74, 6) is -1.08. The second kappa shape index (κ2) is 10.8. The van der Waals surface area contributed by atoms with Crippen LogP contribution in [0.25, 0.3) is 0 Å². The molecule has 0 unspecified atom stereocenters. The van der Waals surface area contributed by atoms with E-state index in [4.69, 9.17) is 9.94 Å². The minimum Gasteiger partial charge on any atom is -0.481 e. The molecule has 3 aliphatic rings. The number of likely N-dealkylation sites (tertiary alicyclic amines) is 1. The van der Waals surface area contributed by atoms with Crippen molar-refractivity contribution in [3.05, 3.63) is 64.0 Å². The number of rotatable bonds is 7. The van der Waals surface area contributed by atoms with E-state index in [9.17, 15) is 18.0 Å². The molecule has 1 aromatic heterocycles. The average molecular weight is 516 g/mol. The lowest BCUT2D eigenvalue weighted by Gasteiger charge is -2.36. The summed E-state index contributed by atoms with van der Waals surface area (Å²) < 4.78 is 41.5. The van der Waals surface area contributed by atoms with Crippen LogP contribution in [0.3, 0.4) is 0 Å². The standard InChI is InChI=1S/C28H32F3N3O3/c29-28(30,31)24-12-18(9-10-23(24)20-5-2-1-3-6-20)17-37-33-25-8-4-7-21-11-19(13-32-26(21)25)14-34-15-22(16-34)27(35)36/h9-13,20,22H,1-8,14-17H2,(H,35,36)/b33-25-. The largest absolute Gasteiger partial charge is 0.481 e. The van der Waals surface area contributed by atoms with Crippen LogP contribution < -0.4 is 0 Å². The summed E-state index contributed by atoms with van der Waals surface area (Å²) in [7, 11) is 0. The van der Waals surface area contributed by atoms with E-state index in [2.05, 4.69) is 21.1 Å². The van der Waals surface area contributed by atoms with Crippen molar-refractivity contribution in [2.75, 3.05) is 13.1 Å². The van der Waals surface area contributed by atoms with Gasteiger partial charge in [-0.15, -0.1) is 0 Å². The summed E-state index contributed by atoms with van der Waals surface area (Å²) in [6.07, 6.45) is 4.49. The summed E-state index contributed by atoms with van der Waals surface area (Å²) in [4.78, 5) is 23.2. The second-order valence-corrected chi connectivity index (χ2v) is 10.5. The zero-order valence-electron chi connectivity index (χ0n) is 20.8. The van der Waals surface area contributed by atoms with Crippen LogP contribution in [-0.4, -0.2) is 39.8 Å². The fraction of sp³-hybridized carbons (Fsp3) is 0.536. The summed E-state index contributed by atoms with van der Waals surface area (Å²) in [5, 5.41) is 13.3. The molecule has 37 heavy (non-hydrogen) atoms. The molecule has 1 saturated carbocycles. The van der Waals surface area contributed by atoms with Crippen molar-refractivity contribution in [1.29, 1.82) is 0 Å². The smallest absolute Gasteiger partial charge is 0.416 e. The van der Waals surface area contributed by atoms with Gasteiger partial charge in [-0.25, -0.2) is 0 Å². The molecular formula is C28H32F3N3O3. The number of fused-ring (bicyclic) bond motifs is 1. The Morgan fingerprint density at radius 1 is 1.08 bits per heavy atom. The van der Waals surface area contributed by atoms with Gasteiger partial charge in [0.1, 0.15) is 12.3 Å². The molecule has 1 aromatic carbocycles. The van der Waals surface area contributed by atoms with Crippen LogP contribution in [0.15, 0.2) is 35.6 Å². The number of alkyl halides is 3. The van der Waals surface area contributed by atoms with Gasteiger partial charge >= 0.3 is 12.1 Å². The average Bonchev–Trinajstić information content (AvgIpc) is 2.85. The van der Waals surface area contributed by atoms with Crippen molar-refractivity contribution in [2.24, 2.45) is 11.1 Å². The van der Waals surface area contributed by atoms with Crippen molar-refractivity contribution in [1.82, 2.24) is 9.88 Å². The first-order chi connectivity index (χ1) is 17.8. The van der Waals surface area contributed by atoms with Gasteiger partial charge in [-0.2, -0.15) is 13.2 Å². The molecule has 0 amide bonds. The molecule has 2 heterocycles. The first-order valence-corrected chi connectivity index (χ1v) is 13.1. The van der Waals surface area contributed by atoms with Gasteiger partial charge in [-0.05, 0) is 66.3 Å². The molecule has 2 aromatic rings. The van der Waals surface area contributed by atoms with E-state index in [1.54, 1.807) is 18.3 Å². The molecule has 0 spiro atoms. The third kappa shape index (κ3) is 5.98. The topological polar surface area (TPSA) is 75.0 Å². The zero-order chi connectivity index (χ0) is 26.0. The molecule has 1 aliphatic heterocycles. The Morgan fingerprint density at radius 3 is 2.59 bits per heavy atom. The van der Waals surface area contributed by atoms with Crippen molar-refractivity contribution in [3.8, 4) is 0 Å². The highest BCUT2D eigenvalue weighted by Gasteiger charge is 2.36. The third-order valence-electron chi connectivity index (χ3n) is 7.74. The number of carbonyl (C=O) groups is 1. The molecule has 9 heteroatoms. The van der Waals surface area contributed by atoms with Gasteiger partial charge in [-0.3, -0.25) is 14.7 Å². The fourth-order valence-corrected chi connectivity index (χ4v) is 5.76. The third-order valence-corrected chi connectivity index (χ3v) is 7.74. The van der Waals surface area contributed by atoms with E-state index in [1.807, 2.05) is 0 Å². The number of aromatic nitrogens is 1. The molecule has 1 saturated heterocycles. The van der Waals surface area contributed by atoms with Crippen molar-refractivity contribution < 1.29 is 27.9 Å². The monoisotopic (exact) mass is 515 g/mol. The Labute approximate surface area is 214 Å². The number of nitrogens with zero attached hydrogens (tertiary/aromatic N) is 3. The molecule has 0 radical (unpaired) electrons. The van der Waals surface area contributed by atoms with Crippen molar-refractivity contribution in [2.45, 2.75) is 76.6 Å². The SMILES string of the molecule is O=C(O)C1CN(Cc2cnc3c(c2)CCC/C3=N/OCc2ccc(C3CCCCC3)c(C(F)(F)F)c2)C1. The Balaban J connectivity index is 1.24. The van der Waals surface area contributed by atoms with Gasteiger partial charge < -0.3 is 9.94 Å². The first kappa shape index (κ1) is 25.7. The summed E-state index contributed by atoms with van der Waals surface area (Å²) in [5.41, 5.74) is 3.87. The number of hydrogen-bond donors (Lipinski definition) is 1. The number of aryl methyl sites for hydroxylation is 1. The lowest BCUT2D eigenvalue weighted by atomic mass is 9.81. The van der Waals surface area contributed by atoms with Crippen LogP contribution in [-0.2, 0) is 35.4 Å². The van der Waals surface area contributed by atoms with Gasteiger partial charge in [-0.1, -0.05) is 42.6 Å². The fourth-order valence-electron chi connectivity index (χ4n) is 5.76. The van der Waals surface area contributed by atoms with Gasteiger partial charge in [0.25, 0.3) is 0 Å². The lowest BCUT2D eigenvalue weighted by molar-refractivity contribution is -0.147.